The van der Waals surface area contributed by atoms with Crippen molar-refractivity contribution in [2.75, 3.05) is 37.8 Å². The van der Waals surface area contributed by atoms with Crippen LogP contribution in [0.4, 0.5) is 5.69 Å². The molecule has 1 fully saturated rings. The zero-order valence-corrected chi connectivity index (χ0v) is 25.9. The van der Waals surface area contributed by atoms with E-state index in [1.54, 1.807) is 31.2 Å². The number of carbonyl (C=O) groups is 1. The first-order valence-electron chi connectivity index (χ1n) is 14.9. The number of fused-ring (bicyclic) bond motifs is 3. The Morgan fingerprint density at radius 2 is 2.05 bits per heavy atom. The van der Waals surface area contributed by atoms with Crippen molar-refractivity contribution in [1.29, 1.82) is 0 Å². The van der Waals surface area contributed by atoms with Crippen molar-refractivity contribution >= 4 is 33.2 Å². The SMILES string of the molecule is C=CCOC[C@@H]1CC[C@H]1CN1C[C@@]2(CCCc3cc(Cl)ccc32)COc2ccc(C(=O)NS(=O)(=O)[C@H](C=C)CC)cc21. The van der Waals surface area contributed by atoms with Crippen LogP contribution in [0.2, 0.25) is 5.02 Å². The second-order valence-corrected chi connectivity index (χ2v) is 14.2. The predicted octanol–water partition coefficient (Wildman–Crippen LogP) is 6.07. The van der Waals surface area contributed by atoms with Gasteiger partial charge in [0.05, 0.1) is 30.8 Å². The van der Waals surface area contributed by atoms with Crippen LogP contribution in [-0.2, 0) is 26.6 Å². The van der Waals surface area contributed by atoms with Crippen molar-refractivity contribution < 1.29 is 22.7 Å². The Kier molecular flexibility index (Phi) is 9.35. The number of sulfonamides is 1. The number of ether oxygens (including phenoxy) is 2. The maximum absolute atomic E-state index is 13.2. The molecule has 2 aliphatic carbocycles. The second-order valence-electron chi connectivity index (χ2n) is 11.9. The van der Waals surface area contributed by atoms with E-state index in [2.05, 4.69) is 34.9 Å². The lowest BCUT2D eigenvalue weighted by molar-refractivity contribution is 0.0466. The first-order valence-corrected chi connectivity index (χ1v) is 16.8. The minimum absolute atomic E-state index is 0.236. The van der Waals surface area contributed by atoms with Gasteiger partial charge in [0.15, 0.2) is 0 Å². The van der Waals surface area contributed by atoms with Gasteiger partial charge >= 0.3 is 0 Å². The number of carbonyl (C=O) groups excluding carboxylic acids is 1. The zero-order valence-electron chi connectivity index (χ0n) is 24.3. The van der Waals surface area contributed by atoms with Crippen molar-refractivity contribution in [2.24, 2.45) is 11.8 Å². The number of amides is 1. The topological polar surface area (TPSA) is 84.9 Å². The van der Waals surface area contributed by atoms with Gasteiger partial charge in [0.1, 0.15) is 5.75 Å². The molecule has 0 bridgehead atoms. The summed E-state index contributed by atoms with van der Waals surface area (Å²) in [6.07, 6.45) is 8.68. The maximum atomic E-state index is 13.2. The molecule has 2 aromatic rings. The fraction of sp³-hybridized carbons (Fsp3) is 0.485. The molecule has 4 atom stereocenters. The molecule has 0 radical (unpaired) electrons. The fourth-order valence-corrected chi connectivity index (χ4v) is 8.13. The van der Waals surface area contributed by atoms with E-state index in [1.165, 1.54) is 17.2 Å². The Bertz CT molecular complexity index is 1440. The first kappa shape index (κ1) is 30.6. The highest BCUT2D eigenvalue weighted by atomic mass is 35.5. The van der Waals surface area contributed by atoms with Gasteiger partial charge in [-0.15, -0.1) is 13.2 Å². The summed E-state index contributed by atoms with van der Waals surface area (Å²) in [5, 5.41) is -0.106. The van der Waals surface area contributed by atoms with Gasteiger partial charge in [-0.2, -0.15) is 0 Å². The molecule has 5 rings (SSSR count). The van der Waals surface area contributed by atoms with Gasteiger partial charge in [-0.3, -0.25) is 4.79 Å². The van der Waals surface area contributed by atoms with Crippen LogP contribution in [0.3, 0.4) is 0 Å². The summed E-state index contributed by atoms with van der Waals surface area (Å²) in [6, 6.07) is 11.4. The van der Waals surface area contributed by atoms with Crippen molar-refractivity contribution in [3.63, 3.8) is 0 Å². The third-order valence-corrected chi connectivity index (χ3v) is 11.2. The molecule has 1 N–H and O–H groups in total. The highest BCUT2D eigenvalue weighted by Crippen LogP contribution is 2.46. The molecule has 1 spiro atoms. The van der Waals surface area contributed by atoms with Crippen LogP contribution in [0.5, 0.6) is 5.75 Å². The van der Waals surface area contributed by atoms with Gasteiger partial charge < -0.3 is 14.4 Å². The molecule has 7 nitrogen and oxygen atoms in total. The minimum Gasteiger partial charge on any atom is -0.490 e. The maximum Gasteiger partial charge on any atom is 0.264 e. The summed E-state index contributed by atoms with van der Waals surface area (Å²) < 4.78 is 40.2. The molecular weight excluding hydrogens is 572 g/mol. The summed E-state index contributed by atoms with van der Waals surface area (Å²) in [5.74, 6) is 0.923. The van der Waals surface area contributed by atoms with Gasteiger partial charge in [0.25, 0.3) is 5.91 Å². The summed E-state index contributed by atoms with van der Waals surface area (Å²) >= 11 is 6.39. The van der Waals surface area contributed by atoms with Gasteiger partial charge in [0, 0.05) is 29.1 Å². The summed E-state index contributed by atoms with van der Waals surface area (Å²) in [6.45, 7) is 12.4. The molecule has 1 aliphatic heterocycles. The number of hydrogen-bond acceptors (Lipinski definition) is 6. The first-order chi connectivity index (χ1) is 20.2. The third-order valence-electron chi connectivity index (χ3n) is 9.20. The normalized spacial score (nSPS) is 23.9. The van der Waals surface area contributed by atoms with Crippen LogP contribution in [0.1, 0.15) is 60.5 Å². The Hall–Kier alpha value is -2.81. The lowest BCUT2D eigenvalue weighted by atomic mass is 9.69. The second kappa shape index (κ2) is 12.8. The fourth-order valence-electron chi connectivity index (χ4n) is 6.72. The minimum atomic E-state index is -3.90. The molecule has 0 unspecified atom stereocenters. The number of benzene rings is 2. The van der Waals surface area contributed by atoms with Crippen molar-refractivity contribution in [1.82, 2.24) is 4.72 Å². The largest absolute Gasteiger partial charge is 0.490 e. The summed E-state index contributed by atoms with van der Waals surface area (Å²) in [7, 11) is -3.90. The van der Waals surface area contributed by atoms with E-state index in [1.807, 2.05) is 6.07 Å². The van der Waals surface area contributed by atoms with E-state index in [0.717, 1.165) is 55.9 Å². The monoisotopic (exact) mass is 612 g/mol. The molecule has 0 saturated heterocycles. The molecule has 1 heterocycles. The molecule has 42 heavy (non-hydrogen) atoms. The molecule has 1 saturated carbocycles. The number of rotatable bonds is 11. The van der Waals surface area contributed by atoms with E-state index in [-0.39, 0.29) is 11.0 Å². The Balaban J connectivity index is 1.48. The number of aryl methyl sites for hydroxylation is 1. The number of nitrogens with one attached hydrogen (secondary N) is 1. The van der Waals surface area contributed by atoms with Crippen molar-refractivity contribution in [2.45, 2.75) is 56.1 Å². The quantitative estimate of drug-likeness (QED) is 0.245. The van der Waals surface area contributed by atoms with Crippen LogP contribution in [0, 0.1) is 11.8 Å². The van der Waals surface area contributed by atoms with Gasteiger partial charge in [0.2, 0.25) is 10.0 Å². The number of anilines is 1. The summed E-state index contributed by atoms with van der Waals surface area (Å²) in [5.41, 5.74) is 3.39. The summed E-state index contributed by atoms with van der Waals surface area (Å²) in [4.78, 5) is 15.6. The van der Waals surface area contributed by atoms with E-state index >= 15 is 0 Å². The molecule has 9 heteroatoms. The van der Waals surface area contributed by atoms with Gasteiger partial charge in [-0.25, -0.2) is 13.1 Å². The van der Waals surface area contributed by atoms with Gasteiger partial charge in [-0.1, -0.05) is 36.7 Å². The smallest absolute Gasteiger partial charge is 0.264 e. The number of nitrogens with zero attached hydrogens (tertiary/aromatic N) is 1. The number of hydrogen-bond donors (Lipinski definition) is 1. The van der Waals surface area contributed by atoms with Crippen LogP contribution >= 0.6 is 11.6 Å². The molecular formula is C33H41ClN2O5S. The Morgan fingerprint density at radius 3 is 2.76 bits per heavy atom. The molecule has 0 aromatic heterocycles. The molecule has 3 aliphatic rings. The standard InChI is InChI=1S/C33H41ClN2O5S/c1-4-16-40-20-26-10-9-25(26)19-36-21-33(15-7-8-23-17-27(34)12-13-29(23)33)22-41-31-14-11-24(18-30(31)36)32(37)35-42(38,39)28(5-2)6-3/h4-5,11-14,17-18,25-26,28H,1-2,6-10,15-16,19-22H2,3H3,(H,35,37)/t25-,26-,28+,33-/m0/s1. The molecule has 1 amide bonds. The predicted molar refractivity (Wildman–Crippen MR) is 168 cm³/mol. The van der Waals surface area contributed by atoms with Crippen LogP contribution in [0.25, 0.3) is 0 Å². The van der Waals surface area contributed by atoms with E-state index in [9.17, 15) is 13.2 Å². The third kappa shape index (κ3) is 6.26. The number of halogens is 1. The molecule has 2 aromatic carbocycles. The van der Waals surface area contributed by atoms with E-state index < -0.39 is 21.2 Å². The average molecular weight is 613 g/mol. The zero-order chi connectivity index (χ0) is 29.9. The van der Waals surface area contributed by atoms with E-state index in [4.69, 9.17) is 21.1 Å². The lowest BCUT2D eigenvalue weighted by Gasteiger charge is -2.44. The van der Waals surface area contributed by atoms with Crippen molar-refractivity contribution in [3.8, 4) is 5.75 Å². The highest BCUT2D eigenvalue weighted by molar-refractivity contribution is 7.90. The van der Waals surface area contributed by atoms with Crippen molar-refractivity contribution in [3.05, 3.63) is 83.4 Å². The van der Waals surface area contributed by atoms with E-state index in [0.29, 0.717) is 43.8 Å². The average Bonchev–Trinajstić information content (AvgIpc) is 3.10. The highest BCUT2D eigenvalue weighted by Gasteiger charge is 2.43. The lowest BCUT2D eigenvalue weighted by Crippen LogP contribution is -2.48. The van der Waals surface area contributed by atoms with Crippen LogP contribution < -0.4 is 14.4 Å². The molecule has 226 valence electrons. The Labute approximate surface area is 255 Å². The van der Waals surface area contributed by atoms with Gasteiger partial charge in [-0.05, 0) is 91.8 Å². The van der Waals surface area contributed by atoms with Crippen LogP contribution in [0.15, 0.2) is 61.7 Å². The Morgan fingerprint density at radius 1 is 1.24 bits per heavy atom. The van der Waals surface area contributed by atoms with Crippen LogP contribution in [-0.4, -0.2) is 52.5 Å².